The zero-order valence-corrected chi connectivity index (χ0v) is 15.9. The Morgan fingerprint density at radius 2 is 1.82 bits per heavy atom. The highest BCUT2D eigenvalue weighted by molar-refractivity contribution is 5.98. The second-order valence-electron chi connectivity index (χ2n) is 7.63. The number of hydrogen-bond acceptors (Lipinski definition) is 3. The molecule has 0 bridgehead atoms. The third kappa shape index (κ3) is 2.93. The third-order valence-corrected chi connectivity index (χ3v) is 5.82. The Bertz CT molecular complexity index is 1170. The van der Waals surface area contributed by atoms with E-state index in [9.17, 15) is 4.79 Å². The first-order valence-corrected chi connectivity index (χ1v) is 9.77. The fraction of sp³-hybridized carbons (Fsp3) is 0.261. The van der Waals surface area contributed by atoms with Crippen molar-refractivity contribution in [2.75, 3.05) is 13.1 Å². The number of amides is 1. The molecule has 28 heavy (non-hydrogen) atoms. The summed E-state index contributed by atoms with van der Waals surface area (Å²) in [6.07, 6.45) is 5.43. The molecule has 1 saturated heterocycles. The number of nitrogens with one attached hydrogen (secondary N) is 1. The third-order valence-electron chi connectivity index (χ3n) is 5.82. The summed E-state index contributed by atoms with van der Waals surface area (Å²) in [6, 6.07) is 14.4. The summed E-state index contributed by atoms with van der Waals surface area (Å²) in [4.78, 5) is 26.8. The Hall–Kier alpha value is -3.21. The van der Waals surface area contributed by atoms with Crippen molar-refractivity contribution in [3.05, 3.63) is 71.7 Å². The summed E-state index contributed by atoms with van der Waals surface area (Å²) in [5, 5.41) is 2.29. The molecular weight excluding hydrogens is 348 g/mol. The van der Waals surface area contributed by atoms with Gasteiger partial charge in [-0.15, -0.1) is 0 Å². The Morgan fingerprint density at radius 3 is 2.68 bits per heavy atom. The number of benzene rings is 2. The van der Waals surface area contributed by atoms with Crippen molar-refractivity contribution >= 4 is 27.8 Å². The van der Waals surface area contributed by atoms with Crippen LogP contribution in [-0.4, -0.2) is 38.8 Å². The second-order valence-corrected chi connectivity index (χ2v) is 7.63. The number of carbonyl (C=O) groups is 1. The molecule has 1 fully saturated rings. The normalized spacial score (nSPS) is 15.4. The molecular formula is C23H22N4O. The van der Waals surface area contributed by atoms with E-state index in [1.807, 2.05) is 29.3 Å². The minimum Gasteiger partial charge on any atom is -0.339 e. The molecule has 0 spiro atoms. The number of hydrogen-bond donors (Lipinski definition) is 1. The van der Waals surface area contributed by atoms with Gasteiger partial charge < -0.3 is 9.88 Å². The molecule has 1 amide bonds. The standard InChI is InChI=1S/C23H22N4O/c1-15-2-3-18-13-19(5-4-17(18)12-15)23(28)27-10-7-16(8-11-27)20-6-9-24-22-21(20)25-14-26-22/h2-6,9,12-14,16H,7-8,10-11H2,1H3,(H,24,25,26). The van der Waals surface area contributed by atoms with Crippen LogP contribution in [0.4, 0.5) is 0 Å². The van der Waals surface area contributed by atoms with E-state index in [-0.39, 0.29) is 5.91 Å². The van der Waals surface area contributed by atoms with Crippen molar-refractivity contribution in [3.63, 3.8) is 0 Å². The lowest BCUT2D eigenvalue weighted by molar-refractivity contribution is 0.0713. The minimum absolute atomic E-state index is 0.126. The predicted octanol–water partition coefficient (Wildman–Crippen LogP) is 4.44. The number of rotatable bonds is 2. The Kier molecular flexibility index (Phi) is 4.08. The number of nitrogens with zero attached hydrogens (tertiary/aromatic N) is 3. The molecule has 0 atom stereocenters. The molecule has 1 aliphatic rings. The number of H-pyrrole nitrogens is 1. The first kappa shape index (κ1) is 16.9. The van der Waals surface area contributed by atoms with Gasteiger partial charge in [0.15, 0.2) is 5.65 Å². The molecule has 0 radical (unpaired) electrons. The number of aromatic amines is 1. The number of piperidine rings is 1. The van der Waals surface area contributed by atoms with Crippen LogP contribution in [0.25, 0.3) is 21.9 Å². The van der Waals surface area contributed by atoms with E-state index in [2.05, 4.69) is 46.1 Å². The molecule has 0 aliphatic carbocycles. The largest absolute Gasteiger partial charge is 0.339 e. The fourth-order valence-corrected chi connectivity index (χ4v) is 4.27. The lowest BCUT2D eigenvalue weighted by atomic mass is 9.89. The quantitative estimate of drug-likeness (QED) is 0.567. The number of pyridine rings is 1. The number of imidazole rings is 1. The maximum absolute atomic E-state index is 13.0. The molecule has 5 nitrogen and oxygen atoms in total. The van der Waals surface area contributed by atoms with Gasteiger partial charge in [0, 0.05) is 24.8 Å². The van der Waals surface area contributed by atoms with Crippen molar-refractivity contribution in [1.82, 2.24) is 19.9 Å². The molecule has 140 valence electrons. The summed E-state index contributed by atoms with van der Waals surface area (Å²) in [7, 11) is 0. The van der Waals surface area contributed by atoms with E-state index in [1.165, 1.54) is 16.5 Å². The van der Waals surface area contributed by atoms with Crippen LogP contribution in [0.2, 0.25) is 0 Å². The van der Waals surface area contributed by atoms with Crippen molar-refractivity contribution < 1.29 is 4.79 Å². The van der Waals surface area contributed by atoms with Gasteiger partial charge in [-0.2, -0.15) is 0 Å². The molecule has 2 aromatic carbocycles. The van der Waals surface area contributed by atoms with Crippen molar-refractivity contribution in [2.24, 2.45) is 0 Å². The Morgan fingerprint density at radius 1 is 1.04 bits per heavy atom. The highest BCUT2D eigenvalue weighted by Gasteiger charge is 2.26. The van der Waals surface area contributed by atoms with E-state index in [1.54, 1.807) is 6.33 Å². The number of carbonyl (C=O) groups excluding carboxylic acids is 1. The summed E-state index contributed by atoms with van der Waals surface area (Å²) in [5.74, 6) is 0.540. The molecule has 0 saturated carbocycles. The Balaban J connectivity index is 1.33. The average Bonchev–Trinajstić information content (AvgIpc) is 3.22. The van der Waals surface area contributed by atoms with Crippen LogP contribution in [0.3, 0.4) is 0 Å². The van der Waals surface area contributed by atoms with Gasteiger partial charge in [-0.25, -0.2) is 9.97 Å². The molecule has 3 heterocycles. The smallest absolute Gasteiger partial charge is 0.253 e. The van der Waals surface area contributed by atoms with Crippen LogP contribution in [0.15, 0.2) is 55.0 Å². The van der Waals surface area contributed by atoms with E-state index in [4.69, 9.17) is 0 Å². The molecule has 5 heteroatoms. The topological polar surface area (TPSA) is 61.9 Å². The van der Waals surface area contributed by atoms with Gasteiger partial charge >= 0.3 is 0 Å². The zero-order valence-electron chi connectivity index (χ0n) is 15.9. The summed E-state index contributed by atoms with van der Waals surface area (Å²) >= 11 is 0. The van der Waals surface area contributed by atoms with Gasteiger partial charge in [0.2, 0.25) is 0 Å². The van der Waals surface area contributed by atoms with Crippen LogP contribution >= 0.6 is 0 Å². The fourth-order valence-electron chi connectivity index (χ4n) is 4.27. The number of likely N-dealkylation sites (tertiary alicyclic amines) is 1. The van der Waals surface area contributed by atoms with E-state index >= 15 is 0 Å². The molecule has 1 aliphatic heterocycles. The van der Waals surface area contributed by atoms with Gasteiger partial charge in [-0.3, -0.25) is 4.79 Å². The maximum Gasteiger partial charge on any atom is 0.253 e. The van der Waals surface area contributed by atoms with E-state index < -0.39 is 0 Å². The second kappa shape index (κ2) is 6.75. The average molecular weight is 370 g/mol. The monoisotopic (exact) mass is 370 g/mol. The van der Waals surface area contributed by atoms with Crippen molar-refractivity contribution in [3.8, 4) is 0 Å². The first-order valence-electron chi connectivity index (χ1n) is 9.77. The molecule has 5 rings (SSSR count). The van der Waals surface area contributed by atoms with E-state index in [0.717, 1.165) is 48.0 Å². The predicted molar refractivity (Wildman–Crippen MR) is 110 cm³/mol. The van der Waals surface area contributed by atoms with Crippen LogP contribution in [-0.2, 0) is 0 Å². The van der Waals surface area contributed by atoms with Crippen molar-refractivity contribution in [2.45, 2.75) is 25.7 Å². The number of aryl methyl sites for hydroxylation is 1. The lowest BCUT2D eigenvalue weighted by Crippen LogP contribution is -2.38. The van der Waals surface area contributed by atoms with Crippen LogP contribution in [0.1, 0.15) is 40.2 Å². The number of aromatic nitrogens is 3. The van der Waals surface area contributed by atoms with Gasteiger partial charge in [0.25, 0.3) is 5.91 Å². The molecule has 0 unspecified atom stereocenters. The van der Waals surface area contributed by atoms with Crippen molar-refractivity contribution in [1.29, 1.82) is 0 Å². The SMILES string of the molecule is Cc1ccc2cc(C(=O)N3CCC(c4ccnc5[nH]cnc45)CC3)ccc2c1. The number of fused-ring (bicyclic) bond motifs is 2. The van der Waals surface area contributed by atoms with Crippen LogP contribution in [0.5, 0.6) is 0 Å². The maximum atomic E-state index is 13.0. The highest BCUT2D eigenvalue weighted by atomic mass is 16.2. The summed E-state index contributed by atoms with van der Waals surface area (Å²) < 4.78 is 0. The molecule has 1 N–H and O–H groups in total. The van der Waals surface area contributed by atoms with E-state index in [0.29, 0.717) is 5.92 Å². The highest BCUT2D eigenvalue weighted by Crippen LogP contribution is 2.32. The van der Waals surface area contributed by atoms with Gasteiger partial charge in [-0.05, 0) is 60.2 Å². The molecule has 2 aromatic heterocycles. The van der Waals surface area contributed by atoms with Gasteiger partial charge in [-0.1, -0.05) is 29.8 Å². The van der Waals surface area contributed by atoms with Gasteiger partial charge in [0.1, 0.15) is 5.52 Å². The summed E-state index contributed by atoms with van der Waals surface area (Å²) in [6.45, 7) is 3.62. The lowest BCUT2D eigenvalue weighted by Gasteiger charge is -2.32. The Labute approximate surface area is 163 Å². The van der Waals surface area contributed by atoms with Crippen LogP contribution in [0, 0.1) is 6.92 Å². The van der Waals surface area contributed by atoms with Gasteiger partial charge in [0.05, 0.1) is 6.33 Å². The van der Waals surface area contributed by atoms with Crippen LogP contribution < -0.4 is 0 Å². The zero-order chi connectivity index (χ0) is 19.1. The molecule has 4 aromatic rings. The minimum atomic E-state index is 0.126. The first-order chi connectivity index (χ1) is 13.7. The summed E-state index contributed by atoms with van der Waals surface area (Å²) in [5.41, 5.74) is 5.03.